The Labute approximate surface area is 85.2 Å². The molecule has 0 aliphatic rings. The number of ether oxygens (including phenoxy) is 1. The zero-order valence-corrected chi connectivity index (χ0v) is 8.26. The number of anilines is 1. The average Bonchev–Trinajstić information content (AvgIpc) is 1.78. The Morgan fingerprint density at radius 1 is 1.38 bits per heavy atom. The minimum absolute atomic E-state index is 0.00819. The Balaban J connectivity index is 2.90. The van der Waals surface area contributed by atoms with Gasteiger partial charge in [0.05, 0.1) is 0 Å². The number of nitrogens with two attached hydrogens (primary N) is 1. The van der Waals surface area contributed by atoms with E-state index in [9.17, 15) is 13.2 Å². The highest BCUT2D eigenvalue weighted by molar-refractivity contribution is 14.1. The third-order valence-electron chi connectivity index (χ3n) is 1.02. The van der Waals surface area contributed by atoms with Crippen molar-refractivity contribution in [3.05, 3.63) is 15.8 Å². The molecule has 0 atom stereocenters. The fourth-order valence-electron chi connectivity index (χ4n) is 0.685. The second-order valence-corrected chi connectivity index (χ2v) is 3.20. The molecule has 7 heteroatoms. The van der Waals surface area contributed by atoms with Crippen LogP contribution in [-0.4, -0.2) is 11.3 Å². The van der Waals surface area contributed by atoms with Crippen LogP contribution in [0, 0.1) is 3.70 Å². The van der Waals surface area contributed by atoms with Crippen molar-refractivity contribution in [2.24, 2.45) is 0 Å². The topological polar surface area (TPSA) is 48.1 Å². The molecule has 0 radical (unpaired) electrons. The van der Waals surface area contributed by atoms with Gasteiger partial charge in [0.25, 0.3) is 0 Å². The van der Waals surface area contributed by atoms with Crippen molar-refractivity contribution >= 4 is 28.4 Å². The number of hydrogen-bond donors (Lipinski definition) is 1. The monoisotopic (exact) mass is 304 g/mol. The van der Waals surface area contributed by atoms with Crippen LogP contribution >= 0.6 is 22.6 Å². The van der Waals surface area contributed by atoms with Crippen LogP contribution in [0.3, 0.4) is 0 Å². The van der Waals surface area contributed by atoms with Gasteiger partial charge in [-0.2, -0.15) is 0 Å². The van der Waals surface area contributed by atoms with Crippen LogP contribution in [0.5, 0.6) is 5.75 Å². The first-order valence-electron chi connectivity index (χ1n) is 3.05. The van der Waals surface area contributed by atoms with E-state index < -0.39 is 6.36 Å². The fourth-order valence-corrected chi connectivity index (χ4v) is 1.27. The summed E-state index contributed by atoms with van der Waals surface area (Å²) in [7, 11) is 0. The highest BCUT2D eigenvalue weighted by Gasteiger charge is 2.31. The highest BCUT2D eigenvalue weighted by atomic mass is 127. The van der Waals surface area contributed by atoms with E-state index in [-0.39, 0.29) is 11.6 Å². The van der Waals surface area contributed by atoms with Crippen molar-refractivity contribution in [1.29, 1.82) is 0 Å². The van der Waals surface area contributed by atoms with Crippen molar-refractivity contribution in [2.45, 2.75) is 6.36 Å². The molecule has 0 aliphatic heterocycles. The molecular weight excluding hydrogens is 300 g/mol. The van der Waals surface area contributed by atoms with Crippen LogP contribution < -0.4 is 10.5 Å². The number of nitrogen functional groups attached to an aromatic ring is 1. The molecule has 2 N–H and O–H groups in total. The van der Waals surface area contributed by atoms with Crippen molar-refractivity contribution in [1.82, 2.24) is 4.98 Å². The molecule has 0 fully saturated rings. The summed E-state index contributed by atoms with van der Waals surface area (Å²) in [6.45, 7) is 0. The molecule has 0 saturated heterocycles. The van der Waals surface area contributed by atoms with Crippen LogP contribution in [0.1, 0.15) is 0 Å². The Bertz CT molecular complexity index is 295. The average molecular weight is 304 g/mol. The van der Waals surface area contributed by atoms with E-state index >= 15 is 0 Å². The van der Waals surface area contributed by atoms with Gasteiger partial charge >= 0.3 is 6.36 Å². The number of alkyl halides is 3. The largest absolute Gasteiger partial charge is 0.573 e. The molecule has 0 amide bonds. The molecule has 1 aromatic heterocycles. The molecular formula is C6H4F3IN2O. The lowest BCUT2D eigenvalue weighted by atomic mass is 10.4. The number of pyridine rings is 1. The molecule has 1 aromatic rings. The third-order valence-corrected chi connectivity index (χ3v) is 1.57. The van der Waals surface area contributed by atoms with Gasteiger partial charge in [0.1, 0.15) is 15.3 Å². The molecule has 3 nitrogen and oxygen atoms in total. The van der Waals surface area contributed by atoms with Gasteiger partial charge in [-0.15, -0.1) is 13.2 Å². The quantitative estimate of drug-likeness (QED) is 0.639. The lowest BCUT2D eigenvalue weighted by Gasteiger charge is -2.08. The summed E-state index contributed by atoms with van der Waals surface area (Å²) in [6.07, 6.45) is -4.70. The van der Waals surface area contributed by atoms with E-state index in [1.807, 2.05) is 0 Å². The van der Waals surface area contributed by atoms with Gasteiger partial charge in [-0.3, -0.25) is 0 Å². The number of halogens is 4. The summed E-state index contributed by atoms with van der Waals surface area (Å²) in [6, 6.07) is 2.15. The molecule has 0 unspecified atom stereocenters. The van der Waals surface area contributed by atoms with E-state index in [2.05, 4.69) is 9.72 Å². The van der Waals surface area contributed by atoms with Gasteiger partial charge < -0.3 is 10.5 Å². The lowest BCUT2D eigenvalue weighted by molar-refractivity contribution is -0.274. The molecule has 0 bridgehead atoms. The second kappa shape index (κ2) is 3.56. The minimum atomic E-state index is -4.70. The van der Waals surface area contributed by atoms with Crippen LogP contribution in [-0.2, 0) is 0 Å². The lowest BCUT2D eigenvalue weighted by Crippen LogP contribution is -2.17. The number of rotatable bonds is 1. The van der Waals surface area contributed by atoms with Gasteiger partial charge in [-0.05, 0) is 22.6 Å². The molecule has 0 aliphatic carbocycles. The van der Waals surface area contributed by atoms with Gasteiger partial charge in [0.2, 0.25) is 0 Å². The summed E-state index contributed by atoms with van der Waals surface area (Å²) < 4.78 is 39.1. The van der Waals surface area contributed by atoms with Crippen molar-refractivity contribution in [2.75, 3.05) is 5.73 Å². The van der Waals surface area contributed by atoms with E-state index in [0.29, 0.717) is 3.70 Å². The Hall–Kier alpha value is -0.730. The molecule has 1 heterocycles. The molecule has 13 heavy (non-hydrogen) atoms. The van der Waals surface area contributed by atoms with Crippen molar-refractivity contribution in [3.63, 3.8) is 0 Å². The van der Waals surface area contributed by atoms with E-state index in [1.54, 1.807) is 22.6 Å². The van der Waals surface area contributed by atoms with Crippen LogP contribution in [0.15, 0.2) is 12.1 Å². The van der Waals surface area contributed by atoms with Crippen LogP contribution in [0.4, 0.5) is 19.0 Å². The molecule has 72 valence electrons. The van der Waals surface area contributed by atoms with Gasteiger partial charge in [-0.25, -0.2) is 4.98 Å². The van der Waals surface area contributed by atoms with E-state index in [1.165, 1.54) is 0 Å². The van der Waals surface area contributed by atoms with Crippen LogP contribution in [0.2, 0.25) is 0 Å². The van der Waals surface area contributed by atoms with Crippen molar-refractivity contribution < 1.29 is 17.9 Å². The normalized spacial score (nSPS) is 11.4. The minimum Gasteiger partial charge on any atom is -0.406 e. The smallest absolute Gasteiger partial charge is 0.406 e. The van der Waals surface area contributed by atoms with Gasteiger partial charge in [0, 0.05) is 12.1 Å². The molecule has 0 aromatic carbocycles. The SMILES string of the molecule is Nc1cc(OC(F)(F)F)cc(I)n1. The van der Waals surface area contributed by atoms with Gasteiger partial charge in [-0.1, -0.05) is 0 Å². The number of nitrogens with zero attached hydrogens (tertiary/aromatic N) is 1. The first kappa shape index (κ1) is 10.4. The number of hydrogen-bond acceptors (Lipinski definition) is 3. The van der Waals surface area contributed by atoms with E-state index in [0.717, 1.165) is 12.1 Å². The standard InChI is InChI=1S/C6H4F3IN2O/c7-6(8,9)13-3-1-4(10)12-5(11)2-3/h1-2H,(H2,11,12). The van der Waals surface area contributed by atoms with Crippen molar-refractivity contribution in [3.8, 4) is 5.75 Å². The maximum Gasteiger partial charge on any atom is 0.573 e. The first-order chi connectivity index (χ1) is 5.87. The zero-order valence-electron chi connectivity index (χ0n) is 6.10. The summed E-state index contributed by atoms with van der Waals surface area (Å²) in [5.74, 6) is -0.365. The highest BCUT2D eigenvalue weighted by Crippen LogP contribution is 2.24. The van der Waals surface area contributed by atoms with Crippen LogP contribution in [0.25, 0.3) is 0 Å². The first-order valence-corrected chi connectivity index (χ1v) is 4.13. The maximum atomic E-state index is 11.7. The zero-order chi connectivity index (χ0) is 10.1. The Morgan fingerprint density at radius 3 is 2.46 bits per heavy atom. The van der Waals surface area contributed by atoms with E-state index in [4.69, 9.17) is 5.73 Å². The Morgan fingerprint density at radius 2 is 2.00 bits per heavy atom. The predicted molar refractivity (Wildman–Crippen MR) is 48.0 cm³/mol. The Kier molecular flexibility index (Phi) is 2.84. The third kappa shape index (κ3) is 3.66. The maximum absolute atomic E-state index is 11.7. The number of aromatic nitrogens is 1. The molecule has 0 spiro atoms. The molecule has 0 saturated carbocycles. The second-order valence-electron chi connectivity index (χ2n) is 2.10. The summed E-state index contributed by atoms with van der Waals surface area (Å²) in [5.41, 5.74) is 5.22. The van der Waals surface area contributed by atoms with Gasteiger partial charge in [0.15, 0.2) is 0 Å². The molecule has 1 rings (SSSR count). The predicted octanol–water partition coefficient (Wildman–Crippen LogP) is 2.17. The summed E-state index contributed by atoms with van der Waals surface area (Å²) >= 11 is 1.74. The fraction of sp³-hybridized carbons (Fsp3) is 0.167. The summed E-state index contributed by atoms with van der Waals surface area (Å²) in [4.78, 5) is 3.68. The summed E-state index contributed by atoms with van der Waals surface area (Å²) in [5, 5.41) is 0.